The van der Waals surface area contributed by atoms with Gasteiger partial charge >= 0.3 is 0 Å². The fourth-order valence-corrected chi connectivity index (χ4v) is 3.72. The van der Waals surface area contributed by atoms with E-state index in [1.807, 2.05) is 48.5 Å². The zero-order valence-corrected chi connectivity index (χ0v) is 16.3. The highest BCUT2D eigenvalue weighted by atomic mass is 16.3. The van der Waals surface area contributed by atoms with E-state index in [0.29, 0.717) is 22.9 Å². The fraction of sp³-hybridized carbons (Fsp3) is 0.227. The lowest BCUT2D eigenvalue weighted by molar-refractivity contribution is 0.102. The van der Waals surface area contributed by atoms with E-state index in [1.165, 1.54) is 0 Å². The first-order chi connectivity index (χ1) is 14.7. The Morgan fingerprint density at radius 3 is 2.63 bits per heavy atom. The summed E-state index contributed by atoms with van der Waals surface area (Å²) in [6.07, 6.45) is 1.34. The molecule has 2 aromatic carbocycles. The van der Waals surface area contributed by atoms with Crippen LogP contribution in [0.4, 0.5) is 11.5 Å². The van der Waals surface area contributed by atoms with Crippen molar-refractivity contribution in [3.05, 3.63) is 60.2 Å². The summed E-state index contributed by atoms with van der Waals surface area (Å²) in [6, 6.07) is 17.0. The molecule has 8 nitrogen and oxygen atoms in total. The summed E-state index contributed by atoms with van der Waals surface area (Å²) in [5.74, 6) is 0.878. The first-order valence-corrected chi connectivity index (χ1v) is 10.0. The maximum atomic E-state index is 12.6. The van der Waals surface area contributed by atoms with Crippen molar-refractivity contribution in [3.8, 4) is 11.5 Å². The van der Waals surface area contributed by atoms with Gasteiger partial charge in [0.2, 0.25) is 0 Å². The Morgan fingerprint density at radius 2 is 1.87 bits per heavy atom. The van der Waals surface area contributed by atoms with Crippen molar-refractivity contribution in [3.63, 3.8) is 0 Å². The summed E-state index contributed by atoms with van der Waals surface area (Å²) >= 11 is 0. The third kappa shape index (κ3) is 3.65. The minimum atomic E-state index is -0.224. The van der Waals surface area contributed by atoms with E-state index < -0.39 is 0 Å². The summed E-state index contributed by atoms with van der Waals surface area (Å²) in [5.41, 5.74) is 4.13. The topological polar surface area (TPSA) is 110 Å². The number of aromatic nitrogens is 4. The molecule has 0 atom stereocenters. The number of anilines is 2. The number of hydrogen-bond donors (Lipinski definition) is 4. The van der Waals surface area contributed by atoms with Crippen molar-refractivity contribution in [1.29, 1.82) is 0 Å². The zero-order chi connectivity index (χ0) is 20.5. The molecule has 4 N–H and O–H groups in total. The zero-order valence-electron chi connectivity index (χ0n) is 16.3. The predicted octanol–water partition coefficient (Wildman–Crippen LogP) is 3.17. The van der Waals surface area contributed by atoms with Gasteiger partial charge in [-0.05, 0) is 49.2 Å². The van der Waals surface area contributed by atoms with Crippen LogP contribution in [0.5, 0.6) is 0 Å². The molecule has 152 valence electrons. The van der Waals surface area contributed by atoms with Crippen molar-refractivity contribution in [1.82, 2.24) is 20.2 Å². The summed E-state index contributed by atoms with van der Waals surface area (Å²) in [5, 5.41) is 19.6. The highest BCUT2D eigenvalue weighted by molar-refractivity contribution is 6.04. The number of carbonyl (C=O) groups is 1. The molecule has 1 saturated heterocycles. The SMILES string of the molecule is O=C(Nc1cc(-c2nc3ccccc3[nH]2)[nH]n1)c1ccc(N2CCC(O)CC2)cc1. The van der Waals surface area contributed by atoms with E-state index in [2.05, 4.69) is 30.4 Å². The summed E-state index contributed by atoms with van der Waals surface area (Å²) in [4.78, 5) is 22.6. The number of hydrogen-bond acceptors (Lipinski definition) is 5. The maximum absolute atomic E-state index is 12.6. The Morgan fingerprint density at radius 1 is 1.10 bits per heavy atom. The summed E-state index contributed by atoms with van der Waals surface area (Å²) < 4.78 is 0. The van der Waals surface area contributed by atoms with E-state index in [1.54, 1.807) is 6.07 Å². The second kappa shape index (κ2) is 7.64. The van der Waals surface area contributed by atoms with Gasteiger partial charge in [0.15, 0.2) is 11.6 Å². The molecule has 0 spiro atoms. The van der Waals surface area contributed by atoms with Crippen LogP contribution in [-0.4, -0.2) is 50.4 Å². The Kier molecular flexibility index (Phi) is 4.68. The number of benzene rings is 2. The number of para-hydroxylation sites is 2. The highest BCUT2D eigenvalue weighted by Gasteiger charge is 2.18. The lowest BCUT2D eigenvalue weighted by Crippen LogP contribution is -2.35. The second-order valence-electron chi connectivity index (χ2n) is 7.49. The van der Waals surface area contributed by atoms with Crippen LogP contribution in [0.3, 0.4) is 0 Å². The standard InChI is InChI=1S/C22H22N6O2/c29-16-9-11-28(12-10-16)15-7-5-14(6-8-15)22(30)25-20-13-19(26-27-20)21-23-17-3-1-2-4-18(17)24-21/h1-8,13,16,29H,9-12H2,(H,23,24)(H2,25,26,27,30). The number of aliphatic hydroxyl groups excluding tert-OH is 1. The van der Waals surface area contributed by atoms with Crippen LogP contribution in [-0.2, 0) is 0 Å². The molecule has 1 aliphatic rings. The van der Waals surface area contributed by atoms with Crippen molar-refractivity contribution in [2.75, 3.05) is 23.3 Å². The van der Waals surface area contributed by atoms with Crippen LogP contribution in [0.2, 0.25) is 0 Å². The molecule has 0 radical (unpaired) electrons. The molecule has 0 aliphatic carbocycles. The van der Waals surface area contributed by atoms with Gasteiger partial charge in [-0.1, -0.05) is 12.1 Å². The molecule has 1 amide bonds. The largest absolute Gasteiger partial charge is 0.393 e. The number of imidazole rings is 1. The molecule has 30 heavy (non-hydrogen) atoms. The molecule has 0 bridgehead atoms. The minimum absolute atomic E-state index is 0.204. The van der Waals surface area contributed by atoms with E-state index >= 15 is 0 Å². The Labute approximate surface area is 173 Å². The van der Waals surface area contributed by atoms with Gasteiger partial charge in [-0.3, -0.25) is 9.89 Å². The molecule has 1 aliphatic heterocycles. The van der Waals surface area contributed by atoms with Crippen molar-refractivity contribution in [2.24, 2.45) is 0 Å². The number of amides is 1. The van der Waals surface area contributed by atoms with Crippen LogP contribution in [0.15, 0.2) is 54.6 Å². The molecular weight excluding hydrogens is 380 g/mol. The minimum Gasteiger partial charge on any atom is -0.393 e. The van der Waals surface area contributed by atoms with Gasteiger partial charge in [-0.2, -0.15) is 5.10 Å². The molecule has 8 heteroatoms. The highest BCUT2D eigenvalue weighted by Crippen LogP contribution is 2.22. The van der Waals surface area contributed by atoms with Gasteiger partial charge in [0.25, 0.3) is 5.91 Å². The van der Waals surface area contributed by atoms with Crippen LogP contribution in [0.1, 0.15) is 23.2 Å². The first-order valence-electron chi connectivity index (χ1n) is 10.0. The Balaban J connectivity index is 1.26. The summed E-state index contributed by atoms with van der Waals surface area (Å²) in [7, 11) is 0. The van der Waals surface area contributed by atoms with Crippen molar-refractivity contribution < 1.29 is 9.90 Å². The van der Waals surface area contributed by atoms with Crippen LogP contribution >= 0.6 is 0 Å². The molecule has 4 aromatic rings. The van der Waals surface area contributed by atoms with Gasteiger partial charge in [-0.15, -0.1) is 0 Å². The molecular formula is C22H22N6O2. The molecule has 1 fully saturated rings. The third-order valence-corrected chi connectivity index (χ3v) is 5.42. The van der Waals surface area contributed by atoms with Crippen LogP contribution in [0.25, 0.3) is 22.6 Å². The van der Waals surface area contributed by atoms with E-state index in [9.17, 15) is 9.90 Å². The number of aliphatic hydroxyl groups is 1. The normalized spacial score (nSPS) is 14.9. The smallest absolute Gasteiger partial charge is 0.256 e. The molecule has 5 rings (SSSR count). The second-order valence-corrected chi connectivity index (χ2v) is 7.49. The average molecular weight is 402 g/mol. The van der Waals surface area contributed by atoms with Gasteiger partial charge in [0, 0.05) is 30.4 Å². The number of aromatic amines is 2. The first kappa shape index (κ1) is 18.4. The maximum Gasteiger partial charge on any atom is 0.256 e. The fourth-order valence-electron chi connectivity index (χ4n) is 3.72. The lowest BCUT2D eigenvalue weighted by Gasteiger charge is -2.31. The number of piperidine rings is 1. The van der Waals surface area contributed by atoms with Crippen molar-refractivity contribution >= 4 is 28.4 Å². The molecule has 0 saturated carbocycles. The molecule has 3 heterocycles. The van der Waals surface area contributed by atoms with Crippen molar-refractivity contribution in [2.45, 2.75) is 18.9 Å². The van der Waals surface area contributed by atoms with E-state index in [-0.39, 0.29) is 12.0 Å². The van der Waals surface area contributed by atoms with Gasteiger partial charge in [0.05, 0.1) is 17.1 Å². The Hall–Kier alpha value is -3.65. The predicted molar refractivity (Wildman–Crippen MR) is 116 cm³/mol. The molecule has 2 aromatic heterocycles. The number of fused-ring (bicyclic) bond motifs is 1. The monoisotopic (exact) mass is 402 g/mol. The van der Waals surface area contributed by atoms with Gasteiger partial charge in [0.1, 0.15) is 5.69 Å². The van der Waals surface area contributed by atoms with Crippen LogP contribution < -0.4 is 10.2 Å². The molecule has 0 unspecified atom stereocenters. The van der Waals surface area contributed by atoms with Gasteiger partial charge in [-0.25, -0.2) is 4.98 Å². The van der Waals surface area contributed by atoms with E-state index in [0.717, 1.165) is 42.7 Å². The number of rotatable bonds is 4. The average Bonchev–Trinajstić information content (AvgIpc) is 3.41. The number of H-pyrrole nitrogens is 2. The van der Waals surface area contributed by atoms with Gasteiger partial charge < -0.3 is 20.3 Å². The third-order valence-electron chi connectivity index (χ3n) is 5.42. The number of nitrogens with one attached hydrogen (secondary N) is 3. The number of carbonyl (C=O) groups excluding carboxylic acids is 1. The quantitative estimate of drug-likeness (QED) is 0.419. The van der Waals surface area contributed by atoms with E-state index in [4.69, 9.17) is 0 Å². The van der Waals surface area contributed by atoms with Crippen LogP contribution in [0, 0.1) is 0 Å². The summed E-state index contributed by atoms with van der Waals surface area (Å²) in [6.45, 7) is 1.65. The Bertz CT molecular complexity index is 1140. The lowest BCUT2D eigenvalue weighted by atomic mass is 10.1. The number of nitrogens with zero attached hydrogens (tertiary/aromatic N) is 3.